The number of hydrogen-bond acceptors (Lipinski definition) is 2. The summed E-state index contributed by atoms with van der Waals surface area (Å²) in [5.41, 5.74) is 0.0436. The molecular weight excluding hydrogens is 222 g/mol. The van der Waals surface area contributed by atoms with E-state index in [0.717, 1.165) is 0 Å². The Morgan fingerprint density at radius 2 is 1.94 bits per heavy atom. The predicted octanol–water partition coefficient (Wildman–Crippen LogP) is 1.74. The molecule has 1 aromatic rings. The van der Waals surface area contributed by atoms with Crippen molar-refractivity contribution in [3.63, 3.8) is 0 Å². The fraction of sp³-hybridized carbons (Fsp3) is 0.333. The SMILES string of the molecule is C#Cc1cccc(S(=O)(=O)NC(C)(C)C)c1. The fourth-order valence-corrected chi connectivity index (χ4v) is 2.68. The monoisotopic (exact) mass is 237 g/mol. The first kappa shape index (κ1) is 12.8. The van der Waals surface area contributed by atoms with Gasteiger partial charge in [0.2, 0.25) is 10.0 Å². The van der Waals surface area contributed by atoms with Crippen molar-refractivity contribution in [1.29, 1.82) is 0 Å². The molecule has 0 aliphatic carbocycles. The van der Waals surface area contributed by atoms with E-state index >= 15 is 0 Å². The van der Waals surface area contributed by atoms with E-state index in [2.05, 4.69) is 10.6 Å². The topological polar surface area (TPSA) is 46.2 Å². The Kier molecular flexibility index (Phi) is 3.41. The number of rotatable bonds is 2. The Morgan fingerprint density at radius 1 is 1.31 bits per heavy atom. The third kappa shape index (κ3) is 3.37. The van der Waals surface area contributed by atoms with Gasteiger partial charge in [-0.25, -0.2) is 13.1 Å². The Hall–Kier alpha value is -1.31. The molecule has 3 nitrogen and oxygen atoms in total. The van der Waals surface area contributed by atoms with Crippen molar-refractivity contribution in [2.45, 2.75) is 31.2 Å². The van der Waals surface area contributed by atoms with Crippen molar-refractivity contribution >= 4 is 10.0 Å². The van der Waals surface area contributed by atoms with Gasteiger partial charge in [0.05, 0.1) is 4.90 Å². The highest BCUT2D eigenvalue weighted by atomic mass is 32.2. The van der Waals surface area contributed by atoms with E-state index in [-0.39, 0.29) is 4.90 Å². The van der Waals surface area contributed by atoms with Crippen LogP contribution in [0.2, 0.25) is 0 Å². The molecule has 0 amide bonds. The summed E-state index contributed by atoms with van der Waals surface area (Å²) in [5, 5.41) is 0. The van der Waals surface area contributed by atoms with E-state index < -0.39 is 15.6 Å². The first-order valence-electron chi connectivity index (χ1n) is 4.85. The highest BCUT2D eigenvalue weighted by Crippen LogP contribution is 2.13. The Labute approximate surface area is 96.9 Å². The molecule has 1 aromatic carbocycles. The summed E-state index contributed by atoms with van der Waals surface area (Å²) in [7, 11) is -3.50. The maximum Gasteiger partial charge on any atom is 0.241 e. The smallest absolute Gasteiger partial charge is 0.207 e. The molecule has 0 atom stereocenters. The van der Waals surface area contributed by atoms with E-state index in [1.165, 1.54) is 12.1 Å². The van der Waals surface area contributed by atoms with Crippen LogP contribution in [0.3, 0.4) is 0 Å². The minimum Gasteiger partial charge on any atom is -0.207 e. The highest BCUT2D eigenvalue weighted by molar-refractivity contribution is 7.89. The second-order valence-electron chi connectivity index (χ2n) is 4.53. The molecule has 4 heteroatoms. The Bertz CT molecular complexity index is 519. The molecule has 0 radical (unpaired) electrons. The normalized spacial score (nSPS) is 12.1. The fourth-order valence-electron chi connectivity index (χ4n) is 1.22. The van der Waals surface area contributed by atoms with Crippen molar-refractivity contribution in [2.75, 3.05) is 0 Å². The average Bonchev–Trinajstić information content (AvgIpc) is 2.14. The summed E-state index contributed by atoms with van der Waals surface area (Å²) in [6.07, 6.45) is 5.22. The van der Waals surface area contributed by atoms with E-state index in [1.54, 1.807) is 32.9 Å². The zero-order chi connectivity index (χ0) is 12.4. The summed E-state index contributed by atoms with van der Waals surface area (Å²) < 4.78 is 26.4. The molecular formula is C12H15NO2S. The lowest BCUT2D eigenvalue weighted by Crippen LogP contribution is -2.40. The van der Waals surface area contributed by atoms with Crippen LogP contribution >= 0.6 is 0 Å². The van der Waals surface area contributed by atoms with Crippen LogP contribution in [0.4, 0.5) is 0 Å². The van der Waals surface area contributed by atoms with E-state index in [4.69, 9.17) is 6.42 Å². The van der Waals surface area contributed by atoms with Crippen LogP contribution in [0.5, 0.6) is 0 Å². The van der Waals surface area contributed by atoms with Crippen LogP contribution < -0.4 is 4.72 Å². The zero-order valence-corrected chi connectivity index (χ0v) is 10.4. The predicted molar refractivity (Wildman–Crippen MR) is 64.5 cm³/mol. The third-order valence-electron chi connectivity index (χ3n) is 1.75. The molecule has 0 heterocycles. The van der Waals surface area contributed by atoms with Gasteiger partial charge in [0, 0.05) is 11.1 Å². The molecule has 16 heavy (non-hydrogen) atoms. The maximum absolute atomic E-state index is 11.9. The lowest BCUT2D eigenvalue weighted by Gasteiger charge is -2.20. The molecule has 1 N–H and O–H groups in total. The maximum atomic E-state index is 11.9. The molecule has 0 spiro atoms. The van der Waals surface area contributed by atoms with Gasteiger partial charge in [-0.1, -0.05) is 12.0 Å². The second kappa shape index (κ2) is 4.28. The number of sulfonamides is 1. The number of nitrogens with one attached hydrogen (secondary N) is 1. The minimum atomic E-state index is -3.50. The molecule has 0 aromatic heterocycles. The number of hydrogen-bond donors (Lipinski definition) is 1. The second-order valence-corrected chi connectivity index (χ2v) is 6.21. The minimum absolute atomic E-state index is 0.192. The van der Waals surface area contributed by atoms with Crippen molar-refractivity contribution in [2.24, 2.45) is 0 Å². The van der Waals surface area contributed by atoms with Crippen LogP contribution in [0.15, 0.2) is 29.2 Å². The van der Waals surface area contributed by atoms with E-state index in [9.17, 15) is 8.42 Å². The van der Waals surface area contributed by atoms with Gasteiger partial charge in [-0.2, -0.15) is 0 Å². The lowest BCUT2D eigenvalue weighted by atomic mass is 10.1. The molecule has 0 bridgehead atoms. The average molecular weight is 237 g/mol. The molecule has 0 saturated carbocycles. The zero-order valence-electron chi connectivity index (χ0n) is 9.61. The van der Waals surface area contributed by atoms with Gasteiger partial charge in [-0.05, 0) is 39.0 Å². The summed E-state index contributed by atoms with van der Waals surface area (Å²) in [5.74, 6) is 2.41. The van der Waals surface area contributed by atoms with E-state index in [1.807, 2.05) is 0 Å². The quantitative estimate of drug-likeness (QED) is 0.796. The van der Waals surface area contributed by atoms with Gasteiger partial charge in [-0.3, -0.25) is 0 Å². The molecule has 0 fully saturated rings. The van der Waals surface area contributed by atoms with Crippen LogP contribution in [0, 0.1) is 12.3 Å². The first-order chi connectivity index (χ1) is 7.24. The van der Waals surface area contributed by atoms with Gasteiger partial charge < -0.3 is 0 Å². The van der Waals surface area contributed by atoms with Gasteiger partial charge in [0.1, 0.15) is 0 Å². The molecule has 86 valence electrons. The summed E-state index contributed by atoms with van der Waals surface area (Å²) >= 11 is 0. The Balaban J connectivity index is 3.14. The number of terminal acetylenes is 1. The largest absolute Gasteiger partial charge is 0.241 e. The third-order valence-corrected chi connectivity index (χ3v) is 3.51. The van der Waals surface area contributed by atoms with Gasteiger partial charge in [-0.15, -0.1) is 6.42 Å². The highest BCUT2D eigenvalue weighted by Gasteiger charge is 2.21. The summed E-state index contributed by atoms with van der Waals surface area (Å²) in [4.78, 5) is 0.192. The first-order valence-corrected chi connectivity index (χ1v) is 6.33. The molecule has 0 aliphatic rings. The lowest BCUT2D eigenvalue weighted by molar-refractivity contribution is 0.491. The van der Waals surface area contributed by atoms with Crippen molar-refractivity contribution in [3.05, 3.63) is 29.8 Å². The number of benzene rings is 1. The summed E-state index contributed by atoms with van der Waals surface area (Å²) in [6.45, 7) is 5.36. The molecule has 1 rings (SSSR count). The van der Waals surface area contributed by atoms with Crippen LogP contribution in [0.25, 0.3) is 0 Å². The van der Waals surface area contributed by atoms with Crippen molar-refractivity contribution in [3.8, 4) is 12.3 Å². The van der Waals surface area contributed by atoms with E-state index in [0.29, 0.717) is 5.56 Å². The van der Waals surface area contributed by atoms with Crippen LogP contribution in [0.1, 0.15) is 26.3 Å². The van der Waals surface area contributed by atoms with Crippen LogP contribution in [-0.4, -0.2) is 14.0 Å². The van der Waals surface area contributed by atoms with Crippen LogP contribution in [-0.2, 0) is 10.0 Å². The molecule has 0 aliphatic heterocycles. The molecule has 0 saturated heterocycles. The van der Waals surface area contributed by atoms with Crippen molar-refractivity contribution < 1.29 is 8.42 Å². The molecule has 0 unspecified atom stereocenters. The standard InChI is InChI=1S/C12H15NO2S/c1-5-10-7-6-8-11(9-10)16(14,15)13-12(2,3)4/h1,6-9,13H,2-4H3. The summed E-state index contributed by atoms with van der Waals surface area (Å²) in [6, 6.07) is 6.32. The van der Waals surface area contributed by atoms with Gasteiger partial charge in [0.15, 0.2) is 0 Å². The van der Waals surface area contributed by atoms with Gasteiger partial charge in [0.25, 0.3) is 0 Å². The van der Waals surface area contributed by atoms with Crippen molar-refractivity contribution in [1.82, 2.24) is 4.72 Å². The van der Waals surface area contributed by atoms with Gasteiger partial charge >= 0.3 is 0 Å². The Morgan fingerprint density at radius 3 is 2.44 bits per heavy atom.